The van der Waals surface area contributed by atoms with Gasteiger partial charge in [0.2, 0.25) is 0 Å². The number of hydrogen-bond donors (Lipinski definition) is 3. The Labute approximate surface area is 137 Å². The monoisotopic (exact) mass is 399 g/mol. The van der Waals surface area contributed by atoms with Crippen molar-refractivity contribution in [2.24, 2.45) is 4.99 Å². The molecular weight excluding hydrogens is 373 g/mol. The van der Waals surface area contributed by atoms with E-state index in [4.69, 9.17) is 0 Å². The average Bonchev–Trinajstić information content (AvgIpc) is 2.99. The Balaban J connectivity index is 0.00000180. The van der Waals surface area contributed by atoms with Crippen LogP contribution in [0, 0.1) is 0 Å². The van der Waals surface area contributed by atoms with Gasteiger partial charge < -0.3 is 15.7 Å². The Morgan fingerprint density at radius 2 is 2.16 bits per heavy atom. The summed E-state index contributed by atoms with van der Waals surface area (Å²) in [5, 5.41) is 17.0. The van der Waals surface area contributed by atoms with E-state index < -0.39 is 5.60 Å². The molecule has 0 amide bonds. The molecule has 1 aliphatic heterocycles. The smallest absolute Gasteiger partial charge is 0.191 e. The minimum atomic E-state index is -0.581. The molecule has 19 heavy (non-hydrogen) atoms. The van der Waals surface area contributed by atoms with E-state index in [1.165, 1.54) is 25.7 Å². The highest BCUT2D eigenvalue weighted by molar-refractivity contribution is 14.0. The number of nitrogens with zero attached hydrogens (tertiary/aromatic N) is 1. The molecule has 1 atom stereocenters. The molecule has 3 N–H and O–H groups in total. The van der Waals surface area contributed by atoms with Gasteiger partial charge in [-0.3, -0.25) is 4.99 Å². The van der Waals surface area contributed by atoms with Crippen LogP contribution in [0.2, 0.25) is 0 Å². The van der Waals surface area contributed by atoms with Crippen LogP contribution in [0.4, 0.5) is 0 Å². The van der Waals surface area contributed by atoms with Crippen LogP contribution in [0.5, 0.6) is 0 Å². The van der Waals surface area contributed by atoms with Gasteiger partial charge in [0.25, 0.3) is 0 Å². The summed E-state index contributed by atoms with van der Waals surface area (Å²) in [7, 11) is 0. The summed E-state index contributed by atoms with van der Waals surface area (Å²) in [6, 6.07) is 0.565. The lowest BCUT2D eigenvalue weighted by Gasteiger charge is -2.21. The van der Waals surface area contributed by atoms with Gasteiger partial charge in [0, 0.05) is 18.3 Å². The number of thioether (sulfide) groups is 1. The molecule has 4 nitrogen and oxygen atoms in total. The van der Waals surface area contributed by atoms with Gasteiger partial charge in [0.1, 0.15) is 0 Å². The lowest BCUT2D eigenvalue weighted by Crippen LogP contribution is -2.44. The number of halogens is 1. The number of guanidine groups is 1. The summed E-state index contributed by atoms with van der Waals surface area (Å²) < 4.78 is 0. The fraction of sp³-hybridized carbons (Fsp3) is 0.923. The van der Waals surface area contributed by atoms with Crippen LogP contribution in [-0.4, -0.2) is 47.3 Å². The summed E-state index contributed by atoms with van der Waals surface area (Å²) in [6.45, 7) is 3.46. The van der Waals surface area contributed by atoms with Crippen LogP contribution in [0.3, 0.4) is 0 Å². The predicted octanol–water partition coefficient (Wildman–Crippen LogP) is 1.97. The minimum absolute atomic E-state index is 0. The molecule has 0 radical (unpaired) electrons. The summed E-state index contributed by atoms with van der Waals surface area (Å²) in [5.74, 6) is 2.74. The number of aliphatic hydroxyl groups is 1. The second-order valence-corrected chi connectivity index (χ2v) is 6.45. The van der Waals surface area contributed by atoms with E-state index in [9.17, 15) is 5.11 Å². The van der Waals surface area contributed by atoms with Crippen molar-refractivity contribution in [2.45, 2.75) is 50.7 Å². The molecule has 112 valence electrons. The van der Waals surface area contributed by atoms with Crippen molar-refractivity contribution in [1.82, 2.24) is 10.6 Å². The molecule has 2 fully saturated rings. The molecule has 2 rings (SSSR count). The quantitative estimate of drug-likeness (QED) is 0.385. The molecule has 0 bridgehead atoms. The van der Waals surface area contributed by atoms with Gasteiger partial charge in [-0.2, -0.15) is 11.8 Å². The normalized spacial score (nSPS) is 28.2. The first-order chi connectivity index (χ1) is 8.72. The molecule has 0 aromatic carbocycles. The Morgan fingerprint density at radius 3 is 2.74 bits per heavy atom. The number of nitrogens with one attached hydrogen (secondary N) is 2. The molecule has 1 heterocycles. The Bertz CT molecular complexity index is 290. The van der Waals surface area contributed by atoms with Crippen molar-refractivity contribution in [3.05, 3.63) is 0 Å². The van der Waals surface area contributed by atoms with Gasteiger partial charge in [-0.05, 0) is 31.9 Å². The number of hydrogen-bond acceptors (Lipinski definition) is 3. The Morgan fingerprint density at radius 1 is 1.42 bits per heavy atom. The molecule has 0 spiro atoms. The Kier molecular flexibility index (Phi) is 7.83. The van der Waals surface area contributed by atoms with Crippen molar-refractivity contribution < 1.29 is 5.11 Å². The van der Waals surface area contributed by atoms with Gasteiger partial charge in [-0.1, -0.05) is 12.8 Å². The van der Waals surface area contributed by atoms with Gasteiger partial charge in [0.15, 0.2) is 5.96 Å². The lowest BCUT2D eigenvalue weighted by molar-refractivity contribution is 0.0778. The summed E-state index contributed by atoms with van der Waals surface area (Å²) in [5.41, 5.74) is -0.581. The maximum atomic E-state index is 10.3. The molecule has 0 aromatic heterocycles. The fourth-order valence-electron chi connectivity index (χ4n) is 2.53. The lowest BCUT2D eigenvalue weighted by atomic mass is 10.1. The van der Waals surface area contributed by atoms with Crippen LogP contribution < -0.4 is 10.6 Å². The van der Waals surface area contributed by atoms with Crippen LogP contribution in [-0.2, 0) is 0 Å². The zero-order chi connectivity index (χ0) is 12.8. The van der Waals surface area contributed by atoms with E-state index in [0.717, 1.165) is 30.4 Å². The molecule has 1 saturated carbocycles. The van der Waals surface area contributed by atoms with E-state index in [-0.39, 0.29) is 24.0 Å². The van der Waals surface area contributed by atoms with Crippen molar-refractivity contribution in [1.29, 1.82) is 0 Å². The zero-order valence-corrected chi connectivity index (χ0v) is 14.8. The van der Waals surface area contributed by atoms with E-state index in [2.05, 4.69) is 22.5 Å². The molecular formula is C13H26IN3OS. The highest BCUT2D eigenvalue weighted by Gasteiger charge is 2.31. The maximum absolute atomic E-state index is 10.3. The maximum Gasteiger partial charge on any atom is 0.191 e. The number of aliphatic imine (C=N–C) groups is 1. The van der Waals surface area contributed by atoms with Crippen LogP contribution in [0.15, 0.2) is 4.99 Å². The predicted molar refractivity (Wildman–Crippen MR) is 93.7 cm³/mol. The summed E-state index contributed by atoms with van der Waals surface area (Å²) >= 11 is 1.82. The van der Waals surface area contributed by atoms with E-state index in [1.807, 2.05) is 11.8 Å². The molecule has 2 aliphatic rings. The van der Waals surface area contributed by atoms with Crippen LogP contribution >= 0.6 is 35.7 Å². The molecule has 1 unspecified atom stereocenters. The third-order valence-corrected chi connectivity index (χ3v) is 4.89. The van der Waals surface area contributed by atoms with Crippen LogP contribution in [0.25, 0.3) is 0 Å². The largest absolute Gasteiger partial charge is 0.387 e. The highest BCUT2D eigenvalue weighted by Crippen LogP contribution is 2.27. The first-order valence-corrected chi connectivity index (χ1v) is 8.22. The summed E-state index contributed by atoms with van der Waals surface area (Å²) in [6.07, 6.45) is 5.98. The van der Waals surface area contributed by atoms with Gasteiger partial charge in [-0.15, -0.1) is 24.0 Å². The van der Waals surface area contributed by atoms with Crippen molar-refractivity contribution in [2.75, 3.05) is 24.6 Å². The van der Waals surface area contributed by atoms with Crippen LogP contribution in [0.1, 0.15) is 39.0 Å². The van der Waals surface area contributed by atoms with E-state index in [0.29, 0.717) is 12.6 Å². The molecule has 1 aliphatic carbocycles. The summed E-state index contributed by atoms with van der Waals surface area (Å²) in [4.78, 5) is 4.56. The third-order valence-electron chi connectivity index (χ3n) is 3.65. The van der Waals surface area contributed by atoms with Gasteiger partial charge in [0.05, 0.1) is 12.1 Å². The van der Waals surface area contributed by atoms with Crippen molar-refractivity contribution >= 4 is 41.7 Å². The minimum Gasteiger partial charge on any atom is -0.387 e. The SMILES string of the molecule is CCNC(=NCC1(O)CCSC1)NC1CCCC1.I. The third kappa shape index (κ3) is 5.67. The molecule has 6 heteroatoms. The van der Waals surface area contributed by atoms with Crippen molar-refractivity contribution in [3.8, 4) is 0 Å². The fourth-order valence-corrected chi connectivity index (χ4v) is 3.82. The second-order valence-electron chi connectivity index (χ2n) is 5.35. The standard InChI is InChI=1S/C13H25N3OS.HI/c1-2-14-12(16-11-5-3-4-6-11)15-9-13(17)7-8-18-10-13;/h11,17H,2-10H2,1H3,(H2,14,15,16);1H. The highest BCUT2D eigenvalue weighted by atomic mass is 127. The average molecular weight is 399 g/mol. The number of rotatable bonds is 4. The second kappa shape index (κ2) is 8.56. The van der Waals surface area contributed by atoms with Gasteiger partial charge >= 0.3 is 0 Å². The van der Waals surface area contributed by atoms with E-state index in [1.54, 1.807) is 0 Å². The zero-order valence-electron chi connectivity index (χ0n) is 11.7. The molecule has 1 saturated heterocycles. The Hall–Kier alpha value is 0.310. The van der Waals surface area contributed by atoms with E-state index >= 15 is 0 Å². The first-order valence-electron chi connectivity index (χ1n) is 7.07. The van der Waals surface area contributed by atoms with Gasteiger partial charge in [-0.25, -0.2) is 0 Å². The first kappa shape index (κ1) is 17.4. The topological polar surface area (TPSA) is 56.7 Å². The van der Waals surface area contributed by atoms with Crippen molar-refractivity contribution in [3.63, 3.8) is 0 Å². The molecule has 0 aromatic rings.